The highest BCUT2D eigenvalue weighted by atomic mass is 127. The smallest absolute Gasteiger partial charge is 0.218 e. The van der Waals surface area contributed by atoms with E-state index in [2.05, 4.69) is 46.3 Å². The number of hydrogen-bond donors (Lipinski definition) is 2. The lowest BCUT2D eigenvalue weighted by atomic mass is 10.2. The van der Waals surface area contributed by atoms with Crippen LogP contribution < -0.4 is 15.4 Å². The van der Waals surface area contributed by atoms with Crippen LogP contribution in [0.3, 0.4) is 0 Å². The lowest BCUT2D eigenvalue weighted by Crippen LogP contribution is -2.42. The predicted octanol–water partition coefficient (Wildman–Crippen LogP) is 3.27. The molecular formula is C19H36IN5O. The predicted molar refractivity (Wildman–Crippen MR) is 121 cm³/mol. The van der Waals surface area contributed by atoms with E-state index in [1.807, 2.05) is 19.1 Å². The Morgan fingerprint density at radius 2 is 2.04 bits per heavy atom. The summed E-state index contributed by atoms with van der Waals surface area (Å²) in [7, 11) is 1.80. The zero-order valence-electron chi connectivity index (χ0n) is 16.9. The standard InChI is InChI=1S/C19H35N5O.HI/c1-6-24(7-2)14-10-11-16(4)23-19(20-5)22-15-17-12-9-13-21-18(17)25-8-3;/h9,12-13,16H,6-8,10-11,14-15H2,1-5H3,(H2,20,22,23);1H. The van der Waals surface area contributed by atoms with Gasteiger partial charge in [0.2, 0.25) is 5.88 Å². The zero-order chi connectivity index (χ0) is 18.5. The second-order valence-corrected chi connectivity index (χ2v) is 6.04. The highest BCUT2D eigenvalue weighted by Gasteiger charge is 2.08. The van der Waals surface area contributed by atoms with E-state index in [1.165, 1.54) is 6.42 Å². The van der Waals surface area contributed by atoms with Crippen LogP contribution in [0.5, 0.6) is 5.88 Å². The Labute approximate surface area is 176 Å². The number of aromatic nitrogens is 1. The summed E-state index contributed by atoms with van der Waals surface area (Å²) >= 11 is 0. The summed E-state index contributed by atoms with van der Waals surface area (Å²) < 4.78 is 5.56. The number of halogens is 1. The van der Waals surface area contributed by atoms with Crippen molar-refractivity contribution in [3.63, 3.8) is 0 Å². The first kappa shape index (κ1) is 24.9. The molecule has 0 radical (unpaired) electrons. The van der Waals surface area contributed by atoms with Crippen LogP contribution in [0.15, 0.2) is 23.3 Å². The third kappa shape index (κ3) is 9.56. The fourth-order valence-corrected chi connectivity index (χ4v) is 2.67. The molecule has 0 aliphatic rings. The van der Waals surface area contributed by atoms with Gasteiger partial charge in [0.05, 0.1) is 6.61 Å². The van der Waals surface area contributed by atoms with Gasteiger partial charge in [-0.3, -0.25) is 4.99 Å². The SMILES string of the molecule is CCOc1ncccc1CNC(=NC)NC(C)CCCN(CC)CC.I. The molecule has 0 fully saturated rings. The van der Waals surface area contributed by atoms with Gasteiger partial charge >= 0.3 is 0 Å². The Bertz CT molecular complexity index is 508. The maximum atomic E-state index is 5.56. The fraction of sp³-hybridized carbons (Fsp3) is 0.684. The molecule has 0 saturated carbocycles. The van der Waals surface area contributed by atoms with E-state index in [0.29, 0.717) is 25.1 Å². The van der Waals surface area contributed by atoms with Crippen molar-refractivity contribution in [3.8, 4) is 5.88 Å². The summed E-state index contributed by atoms with van der Waals surface area (Å²) in [5.41, 5.74) is 1.03. The molecule has 0 amide bonds. The van der Waals surface area contributed by atoms with Crippen LogP contribution in [-0.4, -0.2) is 55.2 Å². The quantitative estimate of drug-likeness (QED) is 0.291. The van der Waals surface area contributed by atoms with Crippen LogP contribution in [0.4, 0.5) is 0 Å². The van der Waals surface area contributed by atoms with E-state index in [0.717, 1.165) is 37.6 Å². The largest absolute Gasteiger partial charge is 0.478 e. The molecule has 0 aliphatic carbocycles. The van der Waals surface area contributed by atoms with Crippen LogP contribution >= 0.6 is 24.0 Å². The average molecular weight is 477 g/mol. The molecule has 150 valence electrons. The average Bonchev–Trinajstić information content (AvgIpc) is 2.63. The lowest BCUT2D eigenvalue weighted by Gasteiger charge is -2.21. The van der Waals surface area contributed by atoms with Gasteiger partial charge in [0, 0.05) is 31.4 Å². The molecule has 7 heteroatoms. The maximum Gasteiger partial charge on any atom is 0.218 e. The van der Waals surface area contributed by atoms with Crippen molar-refractivity contribution in [2.24, 2.45) is 4.99 Å². The summed E-state index contributed by atoms with van der Waals surface area (Å²) in [5, 5.41) is 6.80. The van der Waals surface area contributed by atoms with Crippen molar-refractivity contribution in [1.29, 1.82) is 0 Å². The summed E-state index contributed by atoms with van der Waals surface area (Å²) in [6.07, 6.45) is 4.05. The topological polar surface area (TPSA) is 61.8 Å². The number of rotatable bonds is 11. The third-order valence-corrected chi connectivity index (χ3v) is 4.19. The van der Waals surface area contributed by atoms with Crippen molar-refractivity contribution in [2.45, 2.75) is 53.1 Å². The number of nitrogens with one attached hydrogen (secondary N) is 2. The monoisotopic (exact) mass is 477 g/mol. The first-order chi connectivity index (χ1) is 12.1. The molecule has 1 rings (SSSR count). The van der Waals surface area contributed by atoms with E-state index in [9.17, 15) is 0 Å². The summed E-state index contributed by atoms with van der Waals surface area (Å²) in [4.78, 5) is 11.1. The number of pyridine rings is 1. The molecule has 1 heterocycles. The number of guanidine groups is 1. The Kier molecular flexibility index (Phi) is 14.4. The Morgan fingerprint density at radius 3 is 2.65 bits per heavy atom. The molecule has 1 unspecified atom stereocenters. The van der Waals surface area contributed by atoms with Crippen molar-refractivity contribution in [1.82, 2.24) is 20.5 Å². The first-order valence-corrected chi connectivity index (χ1v) is 9.40. The van der Waals surface area contributed by atoms with Crippen LogP contribution in [-0.2, 0) is 6.54 Å². The van der Waals surface area contributed by atoms with Gasteiger partial charge in [-0.05, 0) is 52.4 Å². The van der Waals surface area contributed by atoms with Crippen molar-refractivity contribution >= 4 is 29.9 Å². The first-order valence-electron chi connectivity index (χ1n) is 9.40. The molecular weight excluding hydrogens is 441 g/mol. The number of aliphatic imine (C=N–C) groups is 1. The van der Waals surface area contributed by atoms with Crippen LogP contribution in [0.1, 0.15) is 46.1 Å². The minimum atomic E-state index is 0. The van der Waals surface area contributed by atoms with Crippen LogP contribution in [0.25, 0.3) is 0 Å². The van der Waals surface area contributed by atoms with Crippen molar-refractivity contribution in [2.75, 3.05) is 33.3 Å². The minimum absolute atomic E-state index is 0. The zero-order valence-corrected chi connectivity index (χ0v) is 19.2. The second-order valence-electron chi connectivity index (χ2n) is 6.04. The van der Waals surface area contributed by atoms with E-state index in [4.69, 9.17) is 4.74 Å². The van der Waals surface area contributed by atoms with Gasteiger partial charge in [-0.2, -0.15) is 0 Å². The van der Waals surface area contributed by atoms with E-state index in [1.54, 1.807) is 13.2 Å². The molecule has 26 heavy (non-hydrogen) atoms. The van der Waals surface area contributed by atoms with Gasteiger partial charge in [0.15, 0.2) is 5.96 Å². The van der Waals surface area contributed by atoms with Gasteiger partial charge in [-0.1, -0.05) is 19.9 Å². The van der Waals surface area contributed by atoms with Crippen molar-refractivity contribution in [3.05, 3.63) is 23.9 Å². The molecule has 0 bridgehead atoms. The normalized spacial score (nSPS) is 12.5. The maximum absolute atomic E-state index is 5.56. The van der Waals surface area contributed by atoms with Gasteiger partial charge < -0.3 is 20.3 Å². The molecule has 2 N–H and O–H groups in total. The highest BCUT2D eigenvalue weighted by Crippen LogP contribution is 2.13. The van der Waals surface area contributed by atoms with Crippen LogP contribution in [0, 0.1) is 0 Å². The van der Waals surface area contributed by atoms with Gasteiger partial charge in [-0.15, -0.1) is 24.0 Å². The van der Waals surface area contributed by atoms with Gasteiger partial charge in [-0.25, -0.2) is 4.98 Å². The Morgan fingerprint density at radius 1 is 1.31 bits per heavy atom. The molecule has 0 aromatic carbocycles. The van der Waals surface area contributed by atoms with E-state index in [-0.39, 0.29) is 24.0 Å². The van der Waals surface area contributed by atoms with E-state index < -0.39 is 0 Å². The molecule has 0 saturated heterocycles. The number of ether oxygens (including phenoxy) is 1. The van der Waals surface area contributed by atoms with Crippen LogP contribution in [0.2, 0.25) is 0 Å². The lowest BCUT2D eigenvalue weighted by molar-refractivity contribution is 0.292. The Balaban J connectivity index is 0.00000625. The molecule has 1 aromatic heterocycles. The van der Waals surface area contributed by atoms with Crippen molar-refractivity contribution < 1.29 is 4.74 Å². The van der Waals surface area contributed by atoms with Gasteiger partial charge in [0.25, 0.3) is 0 Å². The fourth-order valence-electron chi connectivity index (χ4n) is 2.67. The minimum Gasteiger partial charge on any atom is -0.478 e. The molecule has 1 aromatic rings. The summed E-state index contributed by atoms with van der Waals surface area (Å²) in [6, 6.07) is 4.32. The summed E-state index contributed by atoms with van der Waals surface area (Å²) in [5.74, 6) is 1.49. The molecule has 0 aliphatic heterocycles. The highest BCUT2D eigenvalue weighted by molar-refractivity contribution is 14.0. The molecule has 1 atom stereocenters. The summed E-state index contributed by atoms with van der Waals surface area (Å²) in [6.45, 7) is 13.2. The number of nitrogens with zero attached hydrogens (tertiary/aromatic N) is 3. The van der Waals surface area contributed by atoms with Gasteiger partial charge in [0.1, 0.15) is 0 Å². The third-order valence-electron chi connectivity index (χ3n) is 4.19. The molecule has 0 spiro atoms. The van der Waals surface area contributed by atoms with E-state index >= 15 is 0 Å². The Hall–Kier alpha value is -1.09. The molecule has 6 nitrogen and oxygen atoms in total. The number of hydrogen-bond acceptors (Lipinski definition) is 4. The second kappa shape index (κ2) is 15.0.